The summed E-state index contributed by atoms with van der Waals surface area (Å²) >= 11 is 0. The van der Waals surface area contributed by atoms with Crippen LogP contribution >= 0.6 is 0 Å². The largest absolute Gasteiger partial charge is 0.306 e. The number of hydrogen-bond acceptors (Lipinski definition) is 3. The zero-order valence-corrected chi connectivity index (χ0v) is 8.69. The molecule has 0 aromatic carbocycles. The molecule has 0 fully saturated rings. The summed E-state index contributed by atoms with van der Waals surface area (Å²) in [6.07, 6.45) is 7.15. The molecule has 0 aliphatic carbocycles. The lowest BCUT2D eigenvalue weighted by Gasteiger charge is -2.07. The number of dihydropyridines is 1. The highest BCUT2D eigenvalue weighted by Gasteiger charge is 1.98. The lowest BCUT2D eigenvalue weighted by atomic mass is 10.2. The van der Waals surface area contributed by atoms with Crippen LogP contribution in [-0.2, 0) is 6.54 Å². The summed E-state index contributed by atoms with van der Waals surface area (Å²) in [6, 6.07) is 5.95. The fraction of sp³-hybridized carbons (Fsp3) is 0.333. The van der Waals surface area contributed by atoms with Crippen LogP contribution in [-0.4, -0.2) is 23.8 Å². The van der Waals surface area contributed by atoms with Crippen molar-refractivity contribution in [2.45, 2.75) is 13.0 Å². The number of rotatable bonds is 4. The highest BCUT2D eigenvalue weighted by molar-refractivity contribution is 5.97. The molecule has 1 aromatic rings. The fourth-order valence-corrected chi connectivity index (χ4v) is 1.49. The standard InChI is InChI=1S/C12H15N3/c1-3-7-14-11(5-1)9-13-10-12-6-2-4-8-15-12/h1-3,5-7,13H,4,8-10H2. The Labute approximate surface area is 90.0 Å². The first-order valence-corrected chi connectivity index (χ1v) is 5.25. The Hall–Kier alpha value is -1.48. The van der Waals surface area contributed by atoms with E-state index < -0.39 is 0 Å². The van der Waals surface area contributed by atoms with Gasteiger partial charge in [0.1, 0.15) is 0 Å². The van der Waals surface area contributed by atoms with Crippen molar-refractivity contribution in [1.82, 2.24) is 10.3 Å². The predicted octanol–water partition coefficient (Wildman–Crippen LogP) is 1.57. The molecule has 2 heterocycles. The minimum Gasteiger partial charge on any atom is -0.306 e. The molecule has 0 amide bonds. The van der Waals surface area contributed by atoms with Gasteiger partial charge in [-0.05, 0) is 24.6 Å². The van der Waals surface area contributed by atoms with Gasteiger partial charge in [0.2, 0.25) is 0 Å². The first-order valence-electron chi connectivity index (χ1n) is 5.25. The van der Waals surface area contributed by atoms with Crippen molar-refractivity contribution in [3.8, 4) is 0 Å². The van der Waals surface area contributed by atoms with Crippen LogP contribution in [0.25, 0.3) is 0 Å². The van der Waals surface area contributed by atoms with Gasteiger partial charge in [-0.3, -0.25) is 9.98 Å². The summed E-state index contributed by atoms with van der Waals surface area (Å²) in [4.78, 5) is 8.65. The lowest BCUT2D eigenvalue weighted by Crippen LogP contribution is -2.22. The molecule has 0 unspecified atom stereocenters. The van der Waals surface area contributed by atoms with E-state index in [9.17, 15) is 0 Å². The summed E-state index contributed by atoms with van der Waals surface area (Å²) in [6.45, 7) is 2.55. The van der Waals surface area contributed by atoms with Gasteiger partial charge in [-0.15, -0.1) is 0 Å². The van der Waals surface area contributed by atoms with Gasteiger partial charge in [0.25, 0.3) is 0 Å². The zero-order chi connectivity index (χ0) is 10.3. The Bertz CT molecular complexity index is 354. The van der Waals surface area contributed by atoms with Crippen LogP contribution in [0.5, 0.6) is 0 Å². The van der Waals surface area contributed by atoms with Gasteiger partial charge in [0.15, 0.2) is 0 Å². The number of aromatic nitrogens is 1. The van der Waals surface area contributed by atoms with Crippen molar-refractivity contribution < 1.29 is 0 Å². The van der Waals surface area contributed by atoms with E-state index in [2.05, 4.69) is 27.4 Å². The van der Waals surface area contributed by atoms with Gasteiger partial charge < -0.3 is 5.32 Å². The number of nitrogens with one attached hydrogen (secondary N) is 1. The van der Waals surface area contributed by atoms with Crippen molar-refractivity contribution in [2.24, 2.45) is 4.99 Å². The summed E-state index contributed by atoms with van der Waals surface area (Å²) in [5.74, 6) is 0. The second-order valence-electron chi connectivity index (χ2n) is 3.49. The molecule has 1 aliphatic heterocycles. The van der Waals surface area contributed by atoms with E-state index in [0.717, 1.165) is 37.5 Å². The minimum absolute atomic E-state index is 0.799. The first kappa shape index (κ1) is 10.1. The average molecular weight is 201 g/mol. The third kappa shape index (κ3) is 3.29. The fourth-order valence-electron chi connectivity index (χ4n) is 1.49. The molecule has 1 aliphatic rings. The quantitative estimate of drug-likeness (QED) is 0.803. The van der Waals surface area contributed by atoms with E-state index in [4.69, 9.17) is 0 Å². The molecule has 0 atom stereocenters. The summed E-state index contributed by atoms with van der Waals surface area (Å²) < 4.78 is 0. The highest BCUT2D eigenvalue weighted by atomic mass is 14.9. The molecule has 3 heteroatoms. The summed E-state index contributed by atoms with van der Waals surface area (Å²) in [5, 5.41) is 3.33. The van der Waals surface area contributed by atoms with Crippen molar-refractivity contribution in [3.63, 3.8) is 0 Å². The number of pyridine rings is 1. The molecule has 78 valence electrons. The molecule has 0 bridgehead atoms. The molecule has 0 saturated heterocycles. The van der Waals surface area contributed by atoms with E-state index in [1.807, 2.05) is 24.4 Å². The van der Waals surface area contributed by atoms with E-state index in [0.29, 0.717) is 0 Å². The molecule has 0 saturated carbocycles. The second-order valence-corrected chi connectivity index (χ2v) is 3.49. The SMILES string of the molecule is C1=CC(CNCc2ccccn2)=NCC1. The maximum atomic E-state index is 4.41. The monoisotopic (exact) mass is 201 g/mol. The predicted molar refractivity (Wildman–Crippen MR) is 62.0 cm³/mol. The molecular formula is C12H15N3. The van der Waals surface area contributed by atoms with Crippen LogP contribution in [0.3, 0.4) is 0 Å². The Kier molecular flexibility index (Phi) is 3.63. The molecule has 1 aromatic heterocycles. The van der Waals surface area contributed by atoms with Gasteiger partial charge >= 0.3 is 0 Å². The normalized spacial score (nSPS) is 15.1. The molecule has 3 nitrogen and oxygen atoms in total. The Morgan fingerprint density at radius 3 is 3.00 bits per heavy atom. The van der Waals surface area contributed by atoms with Gasteiger partial charge in [0.05, 0.1) is 5.69 Å². The third-order valence-electron chi connectivity index (χ3n) is 2.26. The van der Waals surface area contributed by atoms with Gasteiger partial charge in [-0.1, -0.05) is 12.1 Å². The van der Waals surface area contributed by atoms with E-state index in [1.54, 1.807) is 0 Å². The van der Waals surface area contributed by atoms with Crippen LogP contribution in [0.4, 0.5) is 0 Å². The number of aliphatic imine (C=N–C) groups is 1. The van der Waals surface area contributed by atoms with E-state index >= 15 is 0 Å². The summed E-state index contributed by atoms with van der Waals surface area (Å²) in [7, 11) is 0. The molecule has 0 spiro atoms. The van der Waals surface area contributed by atoms with Gasteiger partial charge in [-0.25, -0.2) is 0 Å². The van der Waals surface area contributed by atoms with Crippen LogP contribution in [0.15, 0.2) is 41.5 Å². The molecule has 2 rings (SSSR count). The Balaban J connectivity index is 1.75. The molecule has 0 radical (unpaired) electrons. The topological polar surface area (TPSA) is 37.3 Å². The first-order chi connectivity index (χ1) is 7.45. The average Bonchev–Trinajstić information content (AvgIpc) is 2.32. The van der Waals surface area contributed by atoms with Crippen molar-refractivity contribution in [1.29, 1.82) is 0 Å². The second kappa shape index (κ2) is 5.41. The van der Waals surface area contributed by atoms with Gasteiger partial charge in [-0.2, -0.15) is 0 Å². The Morgan fingerprint density at radius 2 is 2.27 bits per heavy atom. The molecular weight excluding hydrogens is 186 g/mol. The third-order valence-corrected chi connectivity index (χ3v) is 2.26. The molecule has 15 heavy (non-hydrogen) atoms. The summed E-state index contributed by atoms with van der Waals surface area (Å²) in [5.41, 5.74) is 2.20. The van der Waals surface area contributed by atoms with Crippen LogP contribution in [0.1, 0.15) is 12.1 Å². The zero-order valence-electron chi connectivity index (χ0n) is 8.69. The van der Waals surface area contributed by atoms with Crippen LogP contribution < -0.4 is 5.32 Å². The van der Waals surface area contributed by atoms with Crippen molar-refractivity contribution in [3.05, 3.63) is 42.2 Å². The van der Waals surface area contributed by atoms with Crippen molar-refractivity contribution >= 4 is 5.71 Å². The Morgan fingerprint density at radius 1 is 1.27 bits per heavy atom. The van der Waals surface area contributed by atoms with Crippen LogP contribution in [0, 0.1) is 0 Å². The lowest BCUT2D eigenvalue weighted by molar-refractivity contribution is 0.752. The highest BCUT2D eigenvalue weighted by Crippen LogP contribution is 1.96. The molecule has 1 N–H and O–H groups in total. The van der Waals surface area contributed by atoms with E-state index in [1.165, 1.54) is 0 Å². The van der Waals surface area contributed by atoms with E-state index in [-0.39, 0.29) is 0 Å². The minimum atomic E-state index is 0.799. The maximum absolute atomic E-state index is 4.41. The van der Waals surface area contributed by atoms with Crippen LogP contribution in [0.2, 0.25) is 0 Å². The van der Waals surface area contributed by atoms with Crippen molar-refractivity contribution in [2.75, 3.05) is 13.1 Å². The smallest absolute Gasteiger partial charge is 0.0541 e. The number of nitrogens with zero attached hydrogens (tertiary/aromatic N) is 2. The van der Waals surface area contributed by atoms with Gasteiger partial charge in [0, 0.05) is 31.5 Å². The number of hydrogen-bond donors (Lipinski definition) is 1. The maximum Gasteiger partial charge on any atom is 0.0541 e.